The topological polar surface area (TPSA) is 69.1 Å². The molecule has 1 aromatic heterocycles. The Hall–Kier alpha value is -1.03. The van der Waals surface area contributed by atoms with Gasteiger partial charge in [0, 0.05) is 5.41 Å². The van der Waals surface area contributed by atoms with Crippen molar-refractivity contribution < 1.29 is 9.32 Å². The Labute approximate surface area is 80.0 Å². The monoisotopic (exact) mass is 200 g/mol. The zero-order valence-corrected chi connectivity index (χ0v) is 7.89. The first-order valence-corrected chi connectivity index (χ1v) is 4.38. The average molecular weight is 201 g/mol. The minimum absolute atomic E-state index is 0.0300. The fraction of sp³-hybridized carbons (Fsp3) is 0.500. The summed E-state index contributed by atoms with van der Waals surface area (Å²) in [4.78, 5) is 10.8. The summed E-state index contributed by atoms with van der Waals surface area (Å²) in [5.41, 5.74) is 5.05. The van der Waals surface area contributed by atoms with E-state index in [1.165, 1.54) is 0 Å². The van der Waals surface area contributed by atoms with Gasteiger partial charge in [-0.1, -0.05) is 23.7 Å². The number of nitrogens with two attached hydrogens (primary N) is 1. The van der Waals surface area contributed by atoms with Crippen molar-refractivity contribution in [2.24, 2.45) is 5.73 Å². The highest BCUT2D eigenvalue weighted by Gasteiger charge is 2.45. The highest BCUT2D eigenvalue weighted by Crippen LogP contribution is 2.50. The van der Waals surface area contributed by atoms with Crippen LogP contribution in [0.3, 0.4) is 0 Å². The smallest absolute Gasteiger partial charge is 0.272 e. The number of primary amides is 1. The van der Waals surface area contributed by atoms with E-state index in [-0.39, 0.29) is 16.1 Å². The number of rotatable bonds is 2. The van der Waals surface area contributed by atoms with Gasteiger partial charge in [0.15, 0.2) is 11.5 Å². The van der Waals surface area contributed by atoms with Crippen LogP contribution in [0.1, 0.15) is 36.0 Å². The van der Waals surface area contributed by atoms with Crippen molar-refractivity contribution in [3.05, 3.63) is 16.5 Å². The molecular formula is C8H9ClN2O2. The van der Waals surface area contributed by atoms with Crippen LogP contribution < -0.4 is 5.73 Å². The number of carbonyl (C=O) groups excluding carboxylic acids is 1. The first-order valence-electron chi connectivity index (χ1n) is 4.00. The van der Waals surface area contributed by atoms with E-state index in [0.717, 1.165) is 12.8 Å². The molecule has 1 saturated carbocycles. The summed E-state index contributed by atoms with van der Waals surface area (Å²) in [7, 11) is 0. The van der Waals surface area contributed by atoms with Gasteiger partial charge in [-0.05, 0) is 12.8 Å². The molecule has 1 aliphatic carbocycles. The van der Waals surface area contributed by atoms with Crippen molar-refractivity contribution in [1.29, 1.82) is 0 Å². The van der Waals surface area contributed by atoms with E-state index in [0.29, 0.717) is 5.76 Å². The molecule has 2 N–H and O–H groups in total. The van der Waals surface area contributed by atoms with Crippen molar-refractivity contribution in [1.82, 2.24) is 5.16 Å². The van der Waals surface area contributed by atoms with Gasteiger partial charge in [0.25, 0.3) is 5.91 Å². The largest absolute Gasteiger partial charge is 0.364 e. The van der Waals surface area contributed by atoms with Crippen molar-refractivity contribution in [2.45, 2.75) is 25.2 Å². The van der Waals surface area contributed by atoms with Gasteiger partial charge in [0.1, 0.15) is 5.02 Å². The normalized spacial score (nSPS) is 18.6. The molecule has 4 nitrogen and oxygen atoms in total. The number of amides is 1. The first kappa shape index (κ1) is 8.56. The predicted octanol–water partition coefficient (Wildman–Crippen LogP) is 1.48. The first-order chi connectivity index (χ1) is 6.04. The quantitative estimate of drug-likeness (QED) is 0.786. The molecule has 0 saturated heterocycles. The van der Waals surface area contributed by atoms with E-state index < -0.39 is 5.91 Å². The Morgan fingerprint density at radius 3 is 2.69 bits per heavy atom. The summed E-state index contributed by atoms with van der Waals surface area (Å²) in [5, 5.41) is 3.81. The van der Waals surface area contributed by atoms with E-state index in [9.17, 15) is 4.79 Å². The minimum Gasteiger partial charge on any atom is -0.364 e. The lowest BCUT2D eigenvalue weighted by Gasteiger charge is -2.00. The molecule has 1 fully saturated rings. The molecule has 0 spiro atoms. The second kappa shape index (κ2) is 2.48. The Morgan fingerprint density at radius 1 is 1.69 bits per heavy atom. The maximum Gasteiger partial charge on any atom is 0.272 e. The molecule has 13 heavy (non-hydrogen) atoms. The van der Waals surface area contributed by atoms with Crippen LogP contribution in [0.4, 0.5) is 0 Å². The van der Waals surface area contributed by atoms with Crippen LogP contribution in [-0.4, -0.2) is 11.1 Å². The lowest BCUT2D eigenvalue weighted by atomic mass is 10.1. The van der Waals surface area contributed by atoms with Crippen molar-refractivity contribution >= 4 is 17.5 Å². The van der Waals surface area contributed by atoms with Crippen LogP contribution in [0.15, 0.2) is 4.52 Å². The number of aromatic nitrogens is 1. The molecule has 0 bridgehead atoms. The van der Waals surface area contributed by atoms with Crippen LogP contribution >= 0.6 is 11.6 Å². The highest BCUT2D eigenvalue weighted by atomic mass is 35.5. The SMILES string of the molecule is CC1(c2onc(C(N)=O)c2Cl)CC1. The van der Waals surface area contributed by atoms with E-state index in [2.05, 4.69) is 5.16 Å². The van der Waals surface area contributed by atoms with E-state index in [4.69, 9.17) is 21.9 Å². The maximum atomic E-state index is 10.8. The van der Waals surface area contributed by atoms with E-state index in [1.807, 2.05) is 6.92 Å². The fourth-order valence-electron chi connectivity index (χ4n) is 1.22. The van der Waals surface area contributed by atoms with Gasteiger partial charge in [-0.25, -0.2) is 0 Å². The fourth-order valence-corrected chi connectivity index (χ4v) is 1.61. The van der Waals surface area contributed by atoms with Gasteiger partial charge < -0.3 is 10.3 Å². The Balaban J connectivity index is 2.44. The lowest BCUT2D eigenvalue weighted by molar-refractivity contribution is 0.0991. The second-order valence-electron chi connectivity index (χ2n) is 3.60. The number of hydrogen-bond donors (Lipinski definition) is 1. The third kappa shape index (κ3) is 1.21. The van der Waals surface area contributed by atoms with Crippen LogP contribution in [-0.2, 0) is 5.41 Å². The molecule has 1 heterocycles. The minimum atomic E-state index is -0.649. The molecule has 0 aliphatic heterocycles. The molecule has 70 valence electrons. The summed E-state index contributed by atoms with van der Waals surface area (Å²) in [5.74, 6) is -0.0628. The van der Waals surface area contributed by atoms with Crippen molar-refractivity contribution in [3.8, 4) is 0 Å². The zero-order chi connectivity index (χ0) is 9.64. The highest BCUT2D eigenvalue weighted by molar-refractivity contribution is 6.34. The molecule has 0 atom stereocenters. The summed E-state index contributed by atoms with van der Waals surface area (Å²) < 4.78 is 5.00. The summed E-state index contributed by atoms with van der Waals surface area (Å²) >= 11 is 5.89. The third-order valence-electron chi connectivity index (χ3n) is 2.42. The van der Waals surface area contributed by atoms with E-state index in [1.54, 1.807) is 0 Å². The molecule has 1 amide bonds. The van der Waals surface area contributed by atoms with Gasteiger partial charge in [-0.3, -0.25) is 4.79 Å². The Morgan fingerprint density at radius 2 is 2.31 bits per heavy atom. The maximum absolute atomic E-state index is 10.8. The molecule has 0 unspecified atom stereocenters. The number of halogens is 1. The predicted molar refractivity (Wildman–Crippen MR) is 46.6 cm³/mol. The van der Waals surface area contributed by atoms with Crippen molar-refractivity contribution in [3.63, 3.8) is 0 Å². The second-order valence-corrected chi connectivity index (χ2v) is 3.98. The molecule has 0 radical (unpaired) electrons. The molecular weight excluding hydrogens is 192 g/mol. The van der Waals surface area contributed by atoms with Gasteiger partial charge in [-0.15, -0.1) is 0 Å². The summed E-state index contributed by atoms with van der Waals surface area (Å²) in [6, 6.07) is 0. The van der Waals surface area contributed by atoms with Crippen molar-refractivity contribution in [2.75, 3.05) is 0 Å². The average Bonchev–Trinajstić information content (AvgIpc) is 2.63. The lowest BCUT2D eigenvalue weighted by Crippen LogP contribution is -2.12. The van der Waals surface area contributed by atoms with E-state index >= 15 is 0 Å². The zero-order valence-electron chi connectivity index (χ0n) is 7.13. The number of hydrogen-bond acceptors (Lipinski definition) is 3. The summed E-state index contributed by atoms with van der Waals surface area (Å²) in [6.45, 7) is 2.02. The molecule has 1 aliphatic rings. The van der Waals surface area contributed by atoms with Gasteiger partial charge in [0.2, 0.25) is 0 Å². The van der Waals surface area contributed by atoms with Crippen LogP contribution in [0, 0.1) is 0 Å². The number of carbonyl (C=O) groups is 1. The third-order valence-corrected chi connectivity index (χ3v) is 2.77. The molecule has 0 aromatic carbocycles. The van der Waals surface area contributed by atoms with Gasteiger partial charge in [0.05, 0.1) is 0 Å². The van der Waals surface area contributed by atoms with Gasteiger partial charge >= 0.3 is 0 Å². The number of nitrogens with zero attached hydrogens (tertiary/aromatic N) is 1. The molecule has 1 aromatic rings. The summed E-state index contributed by atoms with van der Waals surface area (Å²) in [6.07, 6.45) is 2.03. The standard InChI is InChI=1S/C8H9ClN2O2/c1-8(2-3-8)6-4(9)5(7(10)12)11-13-6/h2-3H2,1H3,(H2,10,12). The van der Waals surface area contributed by atoms with Crippen LogP contribution in [0.5, 0.6) is 0 Å². The van der Waals surface area contributed by atoms with Crippen LogP contribution in [0.2, 0.25) is 5.02 Å². The van der Waals surface area contributed by atoms with Crippen LogP contribution in [0.25, 0.3) is 0 Å². The Bertz CT molecular complexity index is 368. The Kier molecular flexibility index (Phi) is 1.63. The molecule has 2 rings (SSSR count). The van der Waals surface area contributed by atoms with Gasteiger partial charge in [-0.2, -0.15) is 0 Å². The molecule has 5 heteroatoms.